The molecule has 0 aromatic rings. The molecule has 0 atom stereocenters. The van der Waals surface area contributed by atoms with Gasteiger partial charge in [-0.3, -0.25) is 0 Å². The summed E-state index contributed by atoms with van der Waals surface area (Å²) in [6.45, 7) is 0. The number of nitrogens with two attached hydrogens (primary N) is 1. The summed E-state index contributed by atoms with van der Waals surface area (Å²) in [5.41, 5.74) is 5.23. The van der Waals surface area contributed by atoms with Crippen molar-refractivity contribution in [2.75, 3.05) is 5.08 Å². The molecule has 0 radical (unpaired) electrons. The first-order chi connectivity index (χ1) is 2.89. The molecule has 0 aromatic heterocycles. The van der Waals surface area contributed by atoms with E-state index in [1.165, 1.54) is 11.9 Å². The van der Waals surface area contributed by atoms with Crippen molar-refractivity contribution in [2.24, 2.45) is 10.1 Å². The quantitative estimate of drug-likeness (QED) is 0.599. The molecular weight excluding hydrogens is 196 g/mol. The zero-order valence-electron chi connectivity index (χ0n) is 3.46. The van der Waals surface area contributed by atoms with E-state index in [-0.39, 0.29) is 17.0 Å². The average Bonchev–Trinajstić information content (AvgIpc) is 1.86. The molecule has 0 aromatic carbocycles. The van der Waals surface area contributed by atoms with Crippen LogP contribution in [0.2, 0.25) is 0 Å². The minimum Gasteiger partial charge on any atom is -0.378 e. The topological polar surface area (TPSA) is 38.4 Å². The molecule has 42 valence electrons. The van der Waals surface area contributed by atoms with Crippen LogP contribution in [-0.4, -0.2) is 10.3 Å². The molecule has 0 unspecified atom stereocenters. The molecule has 0 bridgehead atoms. The Bertz CT molecular complexity index is 83.8. The van der Waals surface area contributed by atoms with Crippen molar-refractivity contribution in [2.45, 2.75) is 0 Å². The van der Waals surface area contributed by atoms with E-state index in [4.69, 9.17) is 5.73 Å². The maximum atomic E-state index is 5.23. The molecule has 1 rings (SSSR count). The number of hydrogen-bond donors (Lipinski definition) is 1. The highest BCUT2D eigenvalue weighted by Crippen LogP contribution is 2.20. The van der Waals surface area contributed by atoms with Crippen LogP contribution in [-0.2, 0) is 0 Å². The van der Waals surface area contributed by atoms with Crippen LogP contribution in [0.5, 0.6) is 0 Å². The van der Waals surface area contributed by atoms with E-state index in [0.29, 0.717) is 5.17 Å². The lowest BCUT2D eigenvalue weighted by Gasteiger charge is -1.76. The van der Waals surface area contributed by atoms with Crippen LogP contribution in [0.15, 0.2) is 4.40 Å². The summed E-state index contributed by atoms with van der Waals surface area (Å²) in [6, 6.07) is 0. The van der Waals surface area contributed by atoms with Crippen molar-refractivity contribution in [3.8, 4) is 0 Å². The van der Waals surface area contributed by atoms with Crippen LogP contribution >= 0.6 is 40.7 Å². The van der Waals surface area contributed by atoms with E-state index in [9.17, 15) is 0 Å². The SMILES string of the molecule is Br.NC1=NSCS1. The second-order valence-corrected chi connectivity index (χ2v) is 2.91. The number of hydrogen-bond acceptors (Lipinski definition) is 4. The monoisotopic (exact) mass is 200 g/mol. The van der Waals surface area contributed by atoms with Crippen molar-refractivity contribution in [1.82, 2.24) is 0 Å². The van der Waals surface area contributed by atoms with Gasteiger partial charge >= 0.3 is 0 Å². The van der Waals surface area contributed by atoms with E-state index >= 15 is 0 Å². The van der Waals surface area contributed by atoms with Crippen LogP contribution < -0.4 is 5.73 Å². The van der Waals surface area contributed by atoms with Crippen LogP contribution in [0.4, 0.5) is 0 Å². The predicted octanol–water partition coefficient (Wildman–Crippen LogP) is 1.23. The third-order valence-electron chi connectivity index (χ3n) is 0.414. The Morgan fingerprint density at radius 3 is 2.57 bits per heavy atom. The fourth-order valence-corrected chi connectivity index (χ4v) is 1.60. The zero-order chi connectivity index (χ0) is 4.41. The Morgan fingerprint density at radius 2 is 2.43 bits per heavy atom. The first kappa shape index (κ1) is 7.65. The molecule has 1 aliphatic heterocycles. The van der Waals surface area contributed by atoms with Crippen molar-refractivity contribution < 1.29 is 0 Å². The van der Waals surface area contributed by atoms with Crippen LogP contribution in [0.1, 0.15) is 0 Å². The summed E-state index contributed by atoms with van der Waals surface area (Å²) in [5, 5.41) is 1.70. The standard InChI is InChI=1S/C2H4N2S2.BrH/c3-2-4-6-1-5-2;/h1H2,(H2,3,4);1H. The molecule has 1 aliphatic rings. The summed E-state index contributed by atoms with van der Waals surface area (Å²) in [7, 11) is 0. The summed E-state index contributed by atoms with van der Waals surface area (Å²) in [6.07, 6.45) is 0. The first-order valence-electron chi connectivity index (χ1n) is 1.48. The summed E-state index contributed by atoms with van der Waals surface area (Å²) in [4.78, 5) is 0. The van der Waals surface area contributed by atoms with Gasteiger partial charge in [-0.25, -0.2) is 0 Å². The lowest BCUT2D eigenvalue weighted by Crippen LogP contribution is -2.00. The average molecular weight is 201 g/mol. The highest BCUT2D eigenvalue weighted by atomic mass is 79.9. The highest BCUT2D eigenvalue weighted by molar-refractivity contribution is 8.93. The van der Waals surface area contributed by atoms with E-state index in [1.54, 1.807) is 11.8 Å². The smallest absolute Gasteiger partial charge is 0.167 e. The third kappa shape index (κ3) is 2.46. The lowest BCUT2D eigenvalue weighted by atomic mass is 11.4. The fraction of sp³-hybridized carbons (Fsp3) is 0.500. The molecule has 7 heavy (non-hydrogen) atoms. The Labute approximate surface area is 61.2 Å². The normalized spacial score (nSPS) is 18.0. The van der Waals surface area contributed by atoms with Gasteiger partial charge in [0, 0.05) is 0 Å². The second-order valence-electron chi connectivity index (χ2n) is 0.821. The maximum Gasteiger partial charge on any atom is 0.167 e. The molecule has 1 heterocycles. The molecule has 0 fully saturated rings. The fourth-order valence-electron chi connectivity index (χ4n) is 0.203. The van der Waals surface area contributed by atoms with Gasteiger partial charge in [0.2, 0.25) is 0 Å². The number of thioether (sulfide) groups is 1. The van der Waals surface area contributed by atoms with Gasteiger partial charge < -0.3 is 5.73 Å². The van der Waals surface area contributed by atoms with Gasteiger partial charge in [-0.1, -0.05) is 11.8 Å². The highest BCUT2D eigenvalue weighted by Gasteiger charge is 1.99. The molecule has 0 saturated carbocycles. The van der Waals surface area contributed by atoms with Gasteiger partial charge in [0.25, 0.3) is 0 Å². The Hall–Kier alpha value is 0.650. The summed E-state index contributed by atoms with van der Waals surface area (Å²) >= 11 is 3.10. The number of rotatable bonds is 0. The summed E-state index contributed by atoms with van der Waals surface area (Å²) < 4.78 is 3.81. The number of amidine groups is 1. The van der Waals surface area contributed by atoms with Crippen LogP contribution in [0, 0.1) is 0 Å². The van der Waals surface area contributed by atoms with Crippen molar-refractivity contribution in [1.29, 1.82) is 0 Å². The largest absolute Gasteiger partial charge is 0.378 e. The molecular formula is C2H5BrN2S2. The van der Waals surface area contributed by atoms with Gasteiger partial charge in [-0.2, -0.15) is 4.40 Å². The maximum absolute atomic E-state index is 5.23. The van der Waals surface area contributed by atoms with Gasteiger partial charge in [-0.15, -0.1) is 17.0 Å². The molecule has 0 saturated heterocycles. The molecule has 0 spiro atoms. The van der Waals surface area contributed by atoms with E-state index in [2.05, 4.69) is 4.40 Å². The summed E-state index contributed by atoms with van der Waals surface area (Å²) in [5.74, 6) is 0. The molecule has 0 amide bonds. The molecule has 2 nitrogen and oxygen atoms in total. The van der Waals surface area contributed by atoms with Crippen LogP contribution in [0.25, 0.3) is 0 Å². The second kappa shape index (κ2) is 3.63. The molecule has 5 heteroatoms. The van der Waals surface area contributed by atoms with Crippen LogP contribution in [0.3, 0.4) is 0 Å². The van der Waals surface area contributed by atoms with E-state index < -0.39 is 0 Å². The first-order valence-corrected chi connectivity index (χ1v) is 3.40. The van der Waals surface area contributed by atoms with Gasteiger partial charge in [0.1, 0.15) is 0 Å². The number of halogens is 1. The Morgan fingerprint density at radius 1 is 1.71 bits per heavy atom. The van der Waals surface area contributed by atoms with E-state index in [1.807, 2.05) is 0 Å². The number of nitrogens with zero attached hydrogens (tertiary/aromatic N) is 1. The van der Waals surface area contributed by atoms with Crippen molar-refractivity contribution in [3.05, 3.63) is 0 Å². The van der Waals surface area contributed by atoms with Crippen molar-refractivity contribution >= 4 is 45.9 Å². The third-order valence-corrected chi connectivity index (χ3v) is 2.14. The lowest BCUT2D eigenvalue weighted by molar-refractivity contribution is 1.77. The Kier molecular flexibility index (Phi) is 3.96. The Balaban J connectivity index is 0.000000360. The van der Waals surface area contributed by atoms with Gasteiger partial charge in [-0.05, 0) is 11.9 Å². The predicted molar refractivity (Wildman–Crippen MR) is 42.0 cm³/mol. The minimum atomic E-state index is 0. The minimum absolute atomic E-state index is 0. The van der Waals surface area contributed by atoms with Gasteiger partial charge in [0.15, 0.2) is 5.17 Å². The molecule has 2 N–H and O–H groups in total. The van der Waals surface area contributed by atoms with Crippen molar-refractivity contribution in [3.63, 3.8) is 0 Å². The van der Waals surface area contributed by atoms with E-state index in [0.717, 1.165) is 5.08 Å². The van der Waals surface area contributed by atoms with Gasteiger partial charge in [0.05, 0.1) is 5.08 Å². The molecule has 0 aliphatic carbocycles. The zero-order valence-corrected chi connectivity index (χ0v) is 6.80.